The van der Waals surface area contributed by atoms with Crippen LogP contribution in [-0.4, -0.2) is 45.1 Å². The van der Waals surface area contributed by atoms with Crippen molar-refractivity contribution < 1.29 is 28.5 Å². The van der Waals surface area contributed by atoms with E-state index >= 15 is 0 Å². The number of esters is 1. The zero-order valence-corrected chi connectivity index (χ0v) is 18.6. The second-order valence-electron chi connectivity index (χ2n) is 7.42. The van der Waals surface area contributed by atoms with Crippen molar-refractivity contribution in [3.05, 3.63) is 64.1 Å². The number of amides is 1. The molecule has 1 aromatic rings. The summed E-state index contributed by atoms with van der Waals surface area (Å²) in [5, 5.41) is 3.01. The molecule has 1 aromatic carbocycles. The van der Waals surface area contributed by atoms with E-state index in [1.807, 2.05) is 18.2 Å². The number of fused-ring (bicyclic) bond motifs is 1. The molecule has 32 heavy (non-hydrogen) atoms. The molecule has 0 N–H and O–H groups in total. The molecule has 0 saturated carbocycles. The molecule has 1 aliphatic heterocycles. The van der Waals surface area contributed by atoms with E-state index in [1.54, 1.807) is 13.2 Å². The minimum absolute atomic E-state index is 0.112. The van der Waals surface area contributed by atoms with E-state index in [0.29, 0.717) is 24.2 Å². The van der Waals surface area contributed by atoms with E-state index in [-0.39, 0.29) is 25.2 Å². The lowest BCUT2D eigenvalue weighted by Crippen LogP contribution is -2.31. The average molecular weight is 444 g/mol. The number of methoxy groups -OCH3 is 2. The average Bonchev–Trinajstić information content (AvgIpc) is 2.78. The summed E-state index contributed by atoms with van der Waals surface area (Å²) in [7, 11) is 3.05. The Morgan fingerprint density at radius 1 is 1.34 bits per heavy atom. The molecular weight excluding hydrogens is 414 g/mol. The van der Waals surface area contributed by atoms with Crippen molar-refractivity contribution in [2.75, 3.05) is 21.0 Å². The van der Waals surface area contributed by atoms with Crippen LogP contribution in [0.3, 0.4) is 0 Å². The van der Waals surface area contributed by atoms with Crippen molar-refractivity contribution in [1.82, 2.24) is 0 Å². The standard InChI is InChI=1S/C23H29N3O6/c1-16-8-4-5-9-17-10-6-12-19(30-3)22(17)23(28)32-18(14-20(16)31-15-29-2)11-7-13-21(27)25-26-24/h4-7,10,12-13,16,18,20H,8-9,11,14-15H2,1-3H3/b5-4+,13-7+/t16-,18-,20+/m0/s1. The largest absolute Gasteiger partial charge is 0.496 e. The molecule has 172 valence electrons. The van der Waals surface area contributed by atoms with Gasteiger partial charge in [0, 0.05) is 24.9 Å². The minimum Gasteiger partial charge on any atom is -0.496 e. The van der Waals surface area contributed by atoms with Crippen LogP contribution in [0.15, 0.2) is 47.6 Å². The summed E-state index contributed by atoms with van der Waals surface area (Å²) in [4.78, 5) is 27.1. The van der Waals surface area contributed by atoms with E-state index in [9.17, 15) is 9.59 Å². The molecule has 1 amide bonds. The van der Waals surface area contributed by atoms with E-state index in [0.717, 1.165) is 18.1 Å². The zero-order valence-electron chi connectivity index (χ0n) is 18.6. The van der Waals surface area contributed by atoms with Gasteiger partial charge in [-0.05, 0) is 47.1 Å². The van der Waals surface area contributed by atoms with Gasteiger partial charge in [-0.15, -0.1) is 0 Å². The molecule has 0 aliphatic carbocycles. The lowest BCUT2D eigenvalue weighted by molar-refractivity contribution is -0.113. The fourth-order valence-electron chi connectivity index (χ4n) is 3.50. The van der Waals surface area contributed by atoms with Crippen LogP contribution in [0.2, 0.25) is 0 Å². The number of carbonyl (C=O) groups is 2. The molecule has 0 bridgehead atoms. The second-order valence-corrected chi connectivity index (χ2v) is 7.42. The zero-order chi connectivity index (χ0) is 23.3. The van der Waals surface area contributed by atoms with Crippen molar-refractivity contribution in [3.63, 3.8) is 0 Å². The molecule has 0 saturated heterocycles. The Balaban J connectivity index is 2.37. The maximum absolute atomic E-state index is 13.2. The van der Waals surface area contributed by atoms with Gasteiger partial charge in [0.2, 0.25) is 5.91 Å². The molecule has 2 rings (SSSR count). The van der Waals surface area contributed by atoms with Gasteiger partial charge in [-0.1, -0.05) is 37.3 Å². The van der Waals surface area contributed by atoms with Crippen LogP contribution in [0, 0.1) is 5.92 Å². The Morgan fingerprint density at radius 2 is 2.16 bits per heavy atom. The summed E-state index contributed by atoms with van der Waals surface area (Å²) in [6.45, 7) is 2.18. The van der Waals surface area contributed by atoms with Crippen LogP contribution in [-0.2, 0) is 25.4 Å². The van der Waals surface area contributed by atoms with Gasteiger partial charge in [0.05, 0.1) is 13.2 Å². The van der Waals surface area contributed by atoms with Gasteiger partial charge in [-0.25, -0.2) is 4.79 Å². The third-order valence-corrected chi connectivity index (χ3v) is 5.16. The molecule has 0 spiro atoms. The quantitative estimate of drug-likeness (QED) is 0.116. The van der Waals surface area contributed by atoms with Crippen molar-refractivity contribution >= 4 is 11.9 Å². The monoisotopic (exact) mass is 443 g/mol. The van der Waals surface area contributed by atoms with Crippen molar-refractivity contribution in [2.24, 2.45) is 11.0 Å². The molecular formula is C23H29N3O6. The van der Waals surface area contributed by atoms with Crippen molar-refractivity contribution in [3.8, 4) is 5.75 Å². The molecule has 1 aliphatic rings. The predicted octanol–water partition coefficient (Wildman–Crippen LogP) is 4.52. The fraction of sp³-hybridized carbons (Fsp3) is 0.478. The number of cyclic esters (lactones) is 1. The first-order valence-electron chi connectivity index (χ1n) is 10.4. The molecule has 0 unspecified atom stereocenters. The van der Waals surface area contributed by atoms with E-state index < -0.39 is 18.0 Å². The third-order valence-electron chi connectivity index (χ3n) is 5.16. The molecule has 9 nitrogen and oxygen atoms in total. The summed E-state index contributed by atoms with van der Waals surface area (Å²) in [6.07, 6.45) is 7.96. The number of allylic oxidation sites excluding steroid dienone is 2. The molecule has 0 aromatic heterocycles. The highest BCUT2D eigenvalue weighted by molar-refractivity contribution is 5.94. The number of ether oxygens (including phenoxy) is 4. The molecule has 9 heteroatoms. The number of carbonyl (C=O) groups excluding carboxylic acids is 2. The van der Waals surface area contributed by atoms with Crippen LogP contribution in [0.5, 0.6) is 5.75 Å². The summed E-state index contributed by atoms with van der Waals surface area (Å²) in [6, 6.07) is 5.43. The predicted molar refractivity (Wildman–Crippen MR) is 118 cm³/mol. The van der Waals surface area contributed by atoms with Crippen LogP contribution < -0.4 is 4.74 Å². The Bertz CT molecular complexity index is 892. The van der Waals surface area contributed by atoms with Gasteiger partial charge in [-0.2, -0.15) is 0 Å². The minimum atomic E-state index is -0.718. The van der Waals surface area contributed by atoms with E-state index in [2.05, 4.69) is 23.0 Å². The summed E-state index contributed by atoms with van der Waals surface area (Å²) >= 11 is 0. The SMILES string of the molecule is COCO[C@@H]1C[C@H](C/C=C/C(=O)N=[N+]=[N-])OC(=O)c2c(cccc2OC)C/C=C/C[C@@H]1C. The Labute approximate surface area is 187 Å². The van der Waals surface area contributed by atoms with Crippen molar-refractivity contribution in [2.45, 2.75) is 44.8 Å². The Kier molecular flexibility index (Phi) is 10.5. The fourth-order valence-corrected chi connectivity index (χ4v) is 3.50. The second kappa shape index (κ2) is 13.3. The number of nitrogens with zero attached hydrogens (tertiary/aromatic N) is 3. The Hall–Kier alpha value is -3.13. The van der Waals surface area contributed by atoms with Gasteiger partial charge in [-0.3, -0.25) is 4.79 Å². The molecule has 3 atom stereocenters. The lowest BCUT2D eigenvalue weighted by atomic mass is 9.93. The first-order chi connectivity index (χ1) is 15.5. The molecule has 1 heterocycles. The molecule has 0 fully saturated rings. The summed E-state index contributed by atoms with van der Waals surface area (Å²) in [5.74, 6) is -0.652. The normalized spacial score (nSPS) is 22.6. The number of rotatable bonds is 7. The van der Waals surface area contributed by atoms with E-state index in [1.165, 1.54) is 13.2 Å². The van der Waals surface area contributed by atoms with Gasteiger partial charge >= 0.3 is 5.97 Å². The smallest absolute Gasteiger partial charge is 0.342 e. The van der Waals surface area contributed by atoms with Gasteiger partial charge < -0.3 is 18.9 Å². The van der Waals surface area contributed by atoms with E-state index in [4.69, 9.17) is 24.5 Å². The third kappa shape index (κ3) is 7.53. The van der Waals surface area contributed by atoms with Gasteiger partial charge in [0.1, 0.15) is 24.2 Å². The van der Waals surface area contributed by atoms with Gasteiger partial charge in [0.25, 0.3) is 0 Å². The highest BCUT2D eigenvalue weighted by Gasteiger charge is 2.27. The summed E-state index contributed by atoms with van der Waals surface area (Å²) in [5.41, 5.74) is 9.55. The Morgan fingerprint density at radius 3 is 2.88 bits per heavy atom. The highest BCUT2D eigenvalue weighted by Crippen LogP contribution is 2.28. The first kappa shape index (κ1) is 25.1. The van der Waals surface area contributed by atoms with Gasteiger partial charge in [0.15, 0.2) is 0 Å². The van der Waals surface area contributed by atoms with Crippen LogP contribution >= 0.6 is 0 Å². The van der Waals surface area contributed by atoms with Crippen LogP contribution in [0.4, 0.5) is 0 Å². The van der Waals surface area contributed by atoms with Crippen LogP contribution in [0.1, 0.15) is 42.1 Å². The maximum Gasteiger partial charge on any atom is 0.342 e. The number of benzene rings is 1. The first-order valence-corrected chi connectivity index (χ1v) is 10.4. The number of azide groups is 1. The van der Waals surface area contributed by atoms with Crippen LogP contribution in [0.25, 0.3) is 10.4 Å². The topological polar surface area (TPSA) is 120 Å². The van der Waals surface area contributed by atoms with Crippen molar-refractivity contribution in [1.29, 1.82) is 0 Å². The summed E-state index contributed by atoms with van der Waals surface area (Å²) < 4.78 is 22.2. The number of hydrogen-bond donors (Lipinski definition) is 0. The maximum atomic E-state index is 13.2. The molecule has 0 radical (unpaired) electrons. The highest BCUT2D eigenvalue weighted by atomic mass is 16.7. The number of hydrogen-bond acceptors (Lipinski definition) is 6. The lowest BCUT2D eigenvalue weighted by Gasteiger charge is -2.28.